The van der Waals surface area contributed by atoms with Gasteiger partial charge in [0.15, 0.2) is 11.6 Å². The van der Waals surface area contributed by atoms with Gasteiger partial charge in [0.1, 0.15) is 11.3 Å². The van der Waals surface area contributed by atoms with Crippen molar-refractivity contribution >= 4 is 5.52 Å². The number of H-pyrrole nitrogens is 1. The van der Waals surface area contributed by atoms with E-state index >= 15 is 0 Å². The summed E-state index contributed by atoms with van der Waals surface area (Å²) in [5, 5.41) is 0. The molecule has 74 valence electrons. The Labute approximate surface area is 84.4 Å². The molecule has 0 bridgehead atoms. The Kier molecular flexibility index (Phi) is 1.58. The first-order chi connectivity index (χ1) is 7.36. The minimum absolute atomic E-state index is 0.289. The molecule has 3 aromatic rings. The Morgan fingerprint density at radius 1 is 1.33 bits per heavy atom. The van der Waals surface area contributed by atoms with Gasteiger partial charge in [0.05, 0.1) is 6.20 Å². The summed E-state index contributed by atoms with van der Waals surface area (Å²) in [6.45, 7) is 0. The molecular weight excluding hydrogens is 195 g/mol. The number of rotatable bonds is 1. The number of aromatic nitrogens is 4. The molecule has 0 unspecified atom stereocenters. The van der Waals surface area contributed by atoms with Crippen LogP contribution in [0.3, 0.4) is 0 Å². The van der Waals surface area contributed by atoms with Crippen LogP contribution in [0.15, 0.2) is 36.9 Å². The number of hydrogen-bond acceptors (Lipinski definition) is 2. The zero-order chi connectivity index (χ0) is 10.3. The van der Waals surface area contributed by atoms with Gasteiger partial charge in [-0.2, -0.15) is 0 Å². The van der Waals surface area contributed by atoms with Crippen molar-refractivity contribution in [2.45, 2.75) is 0 Å². The quantitative estimate of drug-likeness (QED) is 0.654. The molecule has 0 fully saturated rings. The van der Waals surface area contributed by atoms with Crippen LogP contribution in [0.2, 0.25) is 0 Å². The fourth-order valence-electron chi connectivity index (χ4n) is 1.55. The first-order valence-electron chi connectivity index (χ1n) is 4.47. The summed E-state index contributed by atoms with van der Waals surface area (Å²) in [6.07, 6.45) is 6.59. The van der Waals surface area contributed by atoms with E-state index in [1.165, 1.54) is 12.3 Å². The van der Waals surface area contributed by atoms with E-state index in [0.29, 0.717) is 17.2 Å². The monoisotopic (exact) mass is 202 g/mol. The topological polar surface area (TPSA) is 46.0 Å². The van der Waals surface area contributed by atoms with Crippen LogP contribution < -0.4 is 0 Å². The highest BCUT2D eigenvalue weighted by atomic mass is 19.1. The Morgan fingerprint density at radius 3 is 3.07 bits per heavy atom. The summed E-state index contributed by atoms with van der Waals surface area (Å²) in [7, 11) is 0. The average Bonchev–Trinajstić information content (AvgIpc) is 2.85. The molecule has 0 aliphatic carbocycles. The maximum Gasteiger partial charge on any atom is 0.180 e. The number of halogens is 1. The predicted molar refractivity (Wildman–Crippen MR) is 52.7 cm³/mol. The Balaban J connectivity index is 2.34. The molecule has 0 atom stereocenters. The van der Waals surface area contributed by atoms with Gasteiger partial charge in [0, 0.05) is 18.6 Å². The van der Waals surface area contributed by atoms with Crippen molar-refractivity contribution in [3.8, 4) is 11.6 Å². The fourth-order valence-corrected chi connectivity index (χ4v) is 1.55. The van der Waals surface area contributed by atoms with Gasteiger partial charge in [-0.15, -0.1) is 0 Å². The van der Waals surface area contributed by atoms with Gasteiger partial charge >= 0.3 is 0 Å². The van der Waals surface area contributed by atoms with Crippen molar-refractivity contribution in [2.24, 2.45) is 0 Å². The summed E-state index contributed by atoms with van der Waals surface area (Å²) >= 11 is 0. The van der Waals surface area contributed by atoms with Crippen LogP contribution in [0, 0.1) is 5.82 Å². The zero-order valence-electron chi connectivity index (χ0n) is 7.68. The van der Waals surface area contributed by atoms with E-state index in [9.17, 15) is 4.39 Å². The van der Waals surface area contributed by atoms with Crippen LogP contribution in [0.5, 0.6) is 0 Å². The van der Waals surface area contributed by atoms with Gasteiger partial charge < -0.3 is 4.98 Å². The van der Waals surface area contributed by atoms with Crippen molar-refractivity contribution < 1.29 is 4.39 Å². The predicted octanol–water partition coefficient (Wildman–Crippen LogP) is 1.86. The number of nitrogens with zero attached hydrogens (tertiary/aromatic N) is 3. The van der Waals surface area contributed by atoms with Gasteiger partial charge in [-0.3, -0.25) is 4.40 Å². The molecule has 3 aromatic heterocycles. The van der Waals surface area contributed by atoms with E-state index in [1.54, 1.807) is 29.1 Å². The SMILES string of the molecule is Fc1cccn2c(-c3ncc[nH]3)ncc12. The molecule has 0 saturated carbocycles. The molecule has 15 heavy (non-hydrogen) atoms. The molecule has 0 aliphatic heterocycles. The maximum absolute atomic E-state index is 13.3. The summed E-state index contributed by atoms with van der Waals surface area (Å²) in [5.74, 6) is 0.943. The van der Waals surface area contributed by atoms with Crippen LogP contribution in [0.1, 0.15) is 0 Å². The molecule has 0 aliphatic rings. The van der Waals surface area contributed by atoms with Gasteiger partial charge in [-0.25, -0.2) is 14.4 Å². The van der Waals surface area contributed by atoms with Gasteiger partial charge in [-0.05, 0) is 12.1 Å². The normalized spacial score (nSPS) is 11.0. The van der Waals surface area contributed by atoms with Crippen molar-refractivity contribution in [1.82, 2.24) is 19.4 Å². The molecule has 3 heterocycles. The van der Waals surface area contributed by atoms with Gasteiger partial charge in [0.2, 0.25) is 0 Å². The molecular formula is C10H7FN4. The summed E-state index contributed by atoms with van der Waals surface area (Å²) < 4.78 is 15.0. The highest BCUT2D eigenvalue weighted by Gasteiger charge is 2.09. The highest BCUT2D eigenvalue weighted by molar-refractivity contribution is 5.57. The third kappa shape index (κ3) is 1.13. The maximum atomic E-state index is 13.3. The minimum Gasteiger partial charge on any atom is -0.342 e. The van der Waals surface area contributed by atoms with Crippen LogP contribution in [0.25, 0.3) is 17.2 Å². The second-order valence-corrected chi connectivity index (χ2v) is 3.13. The molecule has 1 N–H and O–H groups in total. The van der Waals surface area contributed by atoms with E-state index in [-0.39, 0.29) is 5.82 Å². The van der Waals surface area contributed by atoms with Crippen molar-refractivity contribution in [3.63, 3.8) is 0 Å². The van der Waals surface area contributed by atoms with Crippen LogP contribution in [-0.4, -0.2) is 19.4 Å². The lowest BCUT2D eigenvalue weighted by Gasteiger charge is -1.97. The lowest BCUT2D eigenvalue weighted by atomic mass is 10.4. The second kappa shape index (κ2) is 2.91. The van der Waals surface area contributed by atoms with Crippen LogP contribution in [-0.2, 0) is 0 Å². The van der Waals surface area contributed by atoms with Crippen molar-refractivity contribution in [2.75, 3.05) is 0 Å². The third-order valence-corrected chi connectivity index (χ3v) is 2.23. The number of imidazole rings is 2. The first kappa shape index (κ1) is 8.16. The summed E-state index contributed by atoms with van der Waals surface area (Å²) in [6, 6.07) is 3.04. The van der Waals surface area contributed by atoms with Gasteiger partial charge in [0.25, 0.3) is 0 Å². The Morgan fingerprint density at radius 2 is 2.27 bits per heavy atom. The van der Waals surface area contributed by atoms with E-state index in [2.05, 4.69) is 15.0 Å². The number of fused-ring (bicyclic) bond motifs is 1. The fraction of sp³-hybridized carbons (Fsp3) is 0. The van der Waals surface area contributed by atoms with Gasteiger partial charge in [-0.1, -0.05) is 0 Å². The second-order valence-electron chi connectivity index (χ2n) is 3.13. The highest BCUT2D eigenvalue weighted by Crippen LogP contribution is 2.17. The average molecular weight is 202 g/mol. The van der Waals surface area contributed by atoms with E-state index in [4.69, 9.17) is 0 Å². The largest absolute Gasteiger partial charge is 0.342 e. The molecule has 3 rings (SSSR count). The number of hydrogen-bond donors (Lipinski definition) is 1. The summed E-state index contributed by atoms with van der Waals surface area (Å²) in [5.41, 5.74) is 0.448. The standard InChI is InChI=1S/C10H7FN4/c11-7-2-1-5-15-8(7)6-14-10(15)9-12-3-4-13-9/h1-6H,(H,12,13). The summed E-state index contributed by atoms with van der Waals surface area (Å²) in [4.78, 5) is 11.1. The Bertz CT molecular complexity index is 597. The molecule has 4 nitrogen and oxygen atoms in total. The molecule has 0 aromatic carbocycles. The molecule has 0 amide bonds. The smallest absolute Gasteiger partial charge is 0.180 e. The van der Waals surface area contributed by atoms with Crippen LogP contribution >= 0.6 is 0 Å². The van der Waals surface area contributed by atoms with Crippen molar-refractivity contribution in [3.05, 3.63) is 42.7 Å². The number of pyridine rings is 1. The lowest BCUT2D eigenvalue weighted by Crippen LogP contribution is -1.91. The van der Waals surface area contributed by atoms with Crippen molar-refractivity contribution in [1.29, 1.82) is 0 Å². The van der Waals surface area contributed by atoms with E-state index in [1.807, 2.05) is 0 Å². The minimum atomic E-state index is -0.289. The number of aromatic amines is 1. The molecule has 0 spiro atoms. The van der Waals surface area contributed by atoms with E-state index < -0.39 is 0 Å². The van der Waals surface area contributed by atoms with E-state index in [0.717, 1.165) is 0 Å². The molecule has 0 radical (unpaired) electrons. The first-order valence-corrected chi connectivity index (χ1v) is 4.47. The number of nitrogens with one attached hydrogen (secondary N) is 1. The Hall–Kier alpha value is -2.17. The molecule has 5 heteroatoms. The van der Waals surface area contributed by atoms with Crippen LogP contribution in [0.4, 0.5) is 4.39 Å². The zero-order valence-corrected chi connectivity index (χ0v) is 7.68. The molecule has 0 saturated heterocycles. The lowest BCUT2D eigenvalue weighted by molar-refractivity contribution is 0.633. The third-order valence-electron chi connectivity index (χ3n) is 2.23.